The molecule has 0 bridgehead atoms. The van der Waals surface area contributed by atoms with Crippen LogP contribution in [0.25, 0.3) is 0 Å². The third-order valence-electron chi connectivity index (χ3n) is 4.84. The van der Waals surface area contributed by atoms with Crippen molar-refractivity contribution >= 4 is 45.2 Å². The predicted molar refractivity (Wildman–Crippen MR) is 101 cm³/mol. The van der Waals surface area contributed by atoms with E-state index in [1.807, 2.05) is 4.90 Å². The zero-order valence-corrected chi connectivity index (χ0v) is 17.0. The molecule has 0 unspecified atom stereocenters. The number of carbonyl (C=O) groups is 2. The quantitative estimate of drug-likeness (QED) is 0.769. The van der Waals surface area contributed by atoms with Gasteiger partial charge >= 0.3 is 6.03 Å². The molecule has 2 aliphatic heterocycles. The third-order valence-corrected chi connectivity index (χ3v) is 7.71. The SMILES string of the molecule is C[C@H](C(=O)N1CCNC1=O)N1CCN(S(=O)(=O)c2cccc(Cl)c2Cl)CC1. The standard InChI is InChI=1S/C16H20Cl2N4O4S/c1-11(15(23)22-6-5-19-16(22)24)20-7-9-21(10-8-20)27(25,26)13-4-2-3-12(17)14(13)18/h2-4,11H,5-10H2,1H3,(H,19,24)/t11-/m1/s1. The Balaban J connectivity index is 1.67. The molecular weight excluding hydrogens is 415 g/mol. The van der Waals surface area contributed by atoms with Crippen molar-refractivity contribution in [1.29, 1.82) is 0 Å². The molecule has 3 amide bonds. The molecule has 0 aliphatic carbocycles. The summed E-state index contributed by atoms with van der Waals surface area (Å²) in [5.41, 5.74) is 0. The highest BCUT2D eigenvalue weighted by Gasteiger charge is 2.36. The molecule has 27 heavy (non-hydrogen) atoms. The van der Waals surface area contributed by atoms with Crippen LogP contribution < -0.4 is 5.32 Å². The largest absolute Gasteiger partial charge is 0.336 e. The van der Waals surface area contributed by atoms with Crippen LogP contribution in [0.2, 0.25) is 10.0 Å². The van der Waals surface area contributed by atoms with E-state index < -0.39 is 16.1 Å². The molecule has 2 heterocycles. The monoisotopic (exact) mass is 434 g/mol. The van der Waals surface area contributed by atoms with E-state index in [4.69, 9.17) is 23.2 Å². The fraction of sp³-hybridized carbons (Fsp3) is 0.500. The minimum absolute atomic E-state index is 0.00480. The van der Waals surface area contributed by atoms with Gasteiger partial charge in [-0.05, 0) is 19.1 Å². The first kappa shape index (κ1) is 20.3. The number of hydrogen-bond donors (Lipinski definition) is 1. The van der Waals surface area contributed by atoms with Gasteiger partial charge in [-0.25, -0.2) is 13.2 Å². The maximum atomic E-state index is 12.9. The van der Waals surface area contributed by atoms with Crippen LogP contribution in [0.4, 0.5) is 4.79 Å². The van der Waals surface area contributed by atoms with Crippen molar-refractivity contribution in [3.63, 3.8) is 0 Å². The number of rotatable bonds is 4. The molecule has 0 radical (unpaired) electrons. The first-order chi connectivity index (χ1) is 12.7. The molecule has 2 fully saturated rings. The van der Waals surface area contributed by atoms with Crippen LogP contribution in [-0.2, 0) is 14.8 Å². The molecule has 8 nitrogen and oxygen atoms in total. The van der Waals surface area contributed by atoms with E-state index in [9.17, 15) is 18.0 Å². The molecule has 1 aromatic carbocycles. The topological polar surface area (TPSA) is 90.0 Å². The molecular formula is C16H20Cl2N4O4S. The lowest BCUT2D eigenvalue weighted by molar-refractivity contribution is -0.133. The summed E-state index contributed by atoms with van der Waals surface area (Å²) < 4.78 is 27.1. The number of benzene rings is 1. The molecule has 0 spiro atoms. The maximum Gasteiger partial charge on any atom is 0.324 e. The summed E-state index contributed by atoms with van der Waals surface area (Å²) in [5, 5.41) is 2.78. The first-order valence-electron chi connectivity index (χ1n) is 8.51. The van der Waals surface area contributed by atoms with Crippen LogP contribution in [0.15, 0.2) is 23.1 Å². The molecule has 3 rings (SSSR count). The van der Waals surface area contributed by atoms with Crippen molar-refractivity contribution in [2.45, 2.75) is 17.9 Å². The van der Waals surface area contributed by atoms with Gasteiger partial charge in [0.15, 0.2) is 0 Å². The minimum Gasteiger partial charge on any atom is -0.336 e. The van der Waals surface area contributed by atoms with Crippen molar-refractivity contribution in [1.82, 2.24) is 19.4 Å². The lowest BCUT2D eigenvalue weighted by Crippen LogP contribution is -2.55. The average Bonchev–Trinajstić information content (AvgIpc) is 3.08. The van der Waals surface area contributed by atoms with Gasteiger partial charge in [-0.15, -0.1) is 0 Å². The smallest absolute Gasteiger partial charge is 0.324 e. The van der Waals surface area contributed by atoms with Gasteiger partial charge in [0, 0.05) is 39.3 Å². The van der Waals surface area contributed by atoms with E-state index in [1.165, 1.54) is 21.3 Å². The lowest BCUT2D eigenvalue weighted by atomic mass is 10.2. The Morgan fingerprint density at radius 2 is 1.81 bits per heavy atom. The fourth-order valence-electron chi connectivity index (χ4n) is 3.22. The second-order valence-electron chi connectivity index (χ2n) is 6.39. The summed E-state index contributed by atoms with van der Waals surface area (Å²) in [4.78, 5) is 27.2. The van der Waals surface area contributed by atoms with E-state index in [1.54, 1.807) is 13.0 Å². The Labute approximate surface area is 168 Å². The molecule has 0 aromatic heterocycles. The Kier molecular flexibility index (Phi) is 5.97. The molecule has 11 heteroatoms. The molecule has 2 saturated heterocycles. The maximum absolute atomic E-state index is 12.9. The molecule has 2 aliphatic rings. The Bertz CT molecular complexity index is 856. The zero-order chi connectivity index (χ0) is 19.8. The fourth-order valence-corrected chi connectivity index (χ4v) is 5.38. The highest BCUT2D eigenvalue weighted by atomic mass is 35.5. The normalized spacial score (nSPS) is 20.6. The van der Waals surface area contributed by atoms with Gasteiger partial charge in [0.25, 0.3) is 0 Å². The van der Waals surface area contributed by atoms with Gasteiger partial charge in [-0.3, -0.25) is 14.6 Å². The van der Waals surface area contributed by atoms with E-state index in [2.05, 4.69) is 5.32 Å². The number of imide groups is 1. The highest BCUT2D eigenvalue weighted by Crippen LogP contribution is 2.31. The van der Waals surface area contributed by atoms with Crippen LogP contribution in [0.3, 0.4) is 0 Å². The number of hydrogen-bond acceptors (Lipinski definition) is 5. The Morgan fingerprint density at radius 1 is 1.15 bits per heavy atom. The number of piperazine rings is 1. The number of nitrogens with zero attached hydrogens (tertiary/aromatic N) is 3. The van der Waals surface area contributed by atoms with Crippen molar-refractivity contribution in [3.05, 3.63) is 28.2 Å². The van der Waals surface area contributed by atoms with E-state index in [0.29, 0.717) is 26.2 Å². The van der Waals surface area contributed by atoms with Crippen molar-refractivity contribution in [2.24, 2.45) is 0 Å². The number of carbonyl (C=O) groups excluding carboxylic acids is 2. The van der Waals surface area contributed by atoms with E-state index >= 15 is 0 Å². The number of sulfonamides is 1. The van der Waals surface area contributed by atoms with Crippen LogP contribution in [0.1, 0.15) is 6.92 Å². The van der Waals surface area contributed by atoms with Crippen molar-refractivity contribution in [3.8, 4) is 0 Å². The van der Waals surface area contributed by atoms with Crippen LogP contribution in [0.5, 0.6) is 0 Å². The van der Waals surface area contributed by atoms with Crippen LogP contribution >= 0.6 is 23.2 Å². The summed E-state index contributed by atoms with van der Waals surface area (Å²) in [6.07, 6.45) is 0. The van der Waals surface area contributed by atoms with Gasteiger partial charge in [-0.2, -0.15) is 4.31 Å². The number of halogens is 2. The molecule has 1 aromatic rings. The molecule has 0 saturated carbocycles. The minimum atomic E-state index is -3.78. The molecule has 1 N–H and O–H groups in total. The van der Waals surface area contributed by atoms with E-state index in [0.717, 1.165) is 0 Å². The highest BCUT2D eigenvalue weighted by molar-refractivity contribution is 7.89. The summed E-state index contributed by atoms with van der Waals surface area (Å²) in [6.45, 7) is 3.71. The van der Waals surface area contributed by atoms with Crippen LogP contribution in [-0.4, -0.2) is 79.8 Å². The van der Waals surface area contributed by atoms with Crippen LogP contribution in [0, 0.1) is 0 Å². The van der Waals surface area contributed by atoms with Crippen molar-refractivity contribution < 1.29 is 18.0 Å². The summed E-state index contributed by atoms with van der Waals surface area (Å²) in [7, 11) is -3.78. The molecule has 1 atom stereocenters. The van der Waals surface area contributed by atoms with Gasteiger partial charge in [-0.1, -0.05) is 29.3 Å². The summed E-state index contributed by atoms with van der Waals surface area (Å²) in [6, 6.07) is 3.60. The zero-order valence-electron chi connectivity index (χ0n) is 14.7. The molecule has 148 valence electrons. The summed E-state index contributed by atoms with van der Waals surface area (Å²) in [5.74, 6) is -0.279. The number of nitrogens with one attached hydrogen (secondary N) is 1. The van der Waals surface area contributed by atoms with Gasteiger partial charge in [0.05, 0.1) is 16.1 Å². The predicted octanol–water partition coefficient (Wildman–Crippen LogP) is 1.24. The van der Waals surface area contributed by atoms with Gasteiger partial charge in [0.1, 0.15) is 4.90 Å². The number of amides is 3. The Morgan fingerprint density at radius 3 is 2.41 bits per heavy atom. The van der Waals surface area contributed by atoms with E-state index in [-0.39, 0.29) is 40.0 Å². The summed E-state index contributed by atoms with van der Waals surface area (Å²) >= 11 is 12.0. The van der Waals surface area contributed by atoms with Gasteiger partial charge in [0.2, 0.25) is 15.9 Å². The second-order valence-corrected chi connectivity index (χ2v) is 9.08. The third kappa shape index (κ3) is 3.93. The first-order valence-corrected chi connectivity index (χ1v) is 10.7. The lowest BCUT2D eigenvalue weighted by Gasteiger charge is -2.37. The second kappa shape index (κ2) is 7.92. The van der Waals surface area contributed by atoms with Gasteiger partial charge < -0.3 is 5.32 Å². The number of urea groups is 1. The Hall–Kier alpha value is -1.39. The van der Waals surface area contributed by atoms with Crippen molar-refractivity contribution in [2.75, 3.05) is 39.3 Å². The average molecular weight is 435 g/mol.